The molecule has 2 rings (SSSR count). The highest BCUT2D eigenvalue weighted by Crippen LogP contribution is 2.35. The fourth-order valence-corrected chi connectivity index (χ4v) is 1.57. The monoisotopic (exact) mass is 162 g/mol. The van der Waals surface area contributed by atoms with Gasteiger partial charge in [0.25, 0.3) is 12.4 Å². The maximum Gasteiger partial charge on any atom is 0.292 e. The van der Waals surface area contributed by atoms with Crippen LogP contribution in [-0.2, 0) is 0 Å². The molecule has 0 saturated heterocycles. The van der Waals surface area contributed by atoms with Crippen LogP contribution in [0.4, 0.5) is 5.69 Å². The molecule has 62 valence electrons. The van der Waals surface area contributed by atoms with E-state index >= 15 is 0 Å². The van der Waals surface area contributed by atoms with Gasteiger partial charge in [-0.3, -0.25) is 0 Å². The lowest BCUT2D eigenvalue weighted by Gasteiger charge is -1.98. The Kier molecular flexibility index (Phi) is 1.43. The molecule has 0 spiro atoms. The van der Waals surface area contributed by atoms with Crippen molar-refractivity contribution in [3.8, 4) is 5.75 Å². The van der Waals surface area contributed by atoms with E-state index in [1.807, 2.05) is 4.58 Å². The lowest BCUT2D eigenvalue weighted by Crippen LogP contribution is -2.00. The summed E-state index contributed by atoms with van der Waals surface area (Å²) in [6.07, 6.45) is 0. The molecule has 0 atom stereocenters. The van der Waals surface area contributed by atoms with Gasteiger partial charge in [-0.2, -0.15) is 4.58 Å². The SMILES string of the molecule is C=[N+]1COc2c(C)cc(C)cc21. The van der Waals surface area contributed by atoms with E-state index in [0.29, 0.717) is 6.73 Å². The minimum Gasteiger partial charge on any atom is -0.429 e. The van der Waals surface area contributed by atoms with Crippen LogP contribution in [-0.4, -0.2) is 18.0 Å². The number of rotatable bonds is 0. The maximum atomic E-state index is 5.46. The topological polar surface area (TPSA) is 12.2 Å². The van der Waals surface area contributed by atoms with Gasteiger partial charge >= 0.3 is 0 Å². The Labute approximate surface area is 72.1 Å². The fraction of sp³-hybridized carbons (Fsp3) is 0.300. The minimum absolute atomic E-state index is 0.569. The average Bonchev–Trinajstić information content (AvgIpc) is 2.33. The molecule has 1 aliphatic heterocycles. The molecule has 0 aliphatic carbocycles. The second kappa shape index (κ2) is 2.34. The molecule has 1 aliphatic rings. The summed E-state index contributed by atoms with van der Waals surface area (Å²) in [6, 6.07) is 4.22. The van der Waals surface area contributed by atoms with Gasteiger partial charge in [0.1, 0.15) is 6.72 Å². The van der Waals surface area contributed by atoms with Gasteiger partial charge in [-0.25, -0.2) is 0 Å². The highest BCUT2D eigenvalue weighted by atomic mass is 16.5. The van der Waals surface area contributed by atoms with Crippen LogP contribution >= 0.6 is 0 Å². The number of ether oxygens (including phenoxy) is 1. The molecule has 0 fully saturated rings. The molecule has 0 unspecified atom stereocenters. The summed E-state index contributed by atoms with van der Waals surface area (Å²) < 4.78 is 7.33. The Balaban J connectivity index is 2.68. The van der Waals surface area contributed by atoms with E-state index in [1.165, 1.54) is 11.1 Å². The molecule has 2 nitrogen and oxygen atoms in total. The first kappa shape index (κ1) is 7.35. The van der Waals surface area contributed by atoms with Crippen molar-refractivity contribution in [2.45, 2.75) is 13.8 Å². The quantitative estimate of drug-likeness (QED) is 0.531. The Morgan fingerprint density at radius 2 is 2.17 bits per heavy atom. The molecule has 2 heteroatoms. The van der Waals surface area contributed by atoms with Gasteiger partial charge in [0.2, 0.25) is 5.75 Å². The van der Waals surface area contributed by atoms with Crippen LogP contribution in [0.3, 0.4) is 0 Å². The number of benzene rings is 1. The molecule has 1 aromatic rings. The van der Waals surface area contributed by atoms with E-state index in [-0.39, 0.29) is 0 Å². The first-order valence-corrected chi connectivity index (χ1v) is 4.00. The summed E-state index contributed by atoms with van der Waals surface area (Å²) in [6.45, 7) is 8.58. The molecular weight excluding hydrogens is 150 g/mol. The summed E-state index contributed by atoms with van der Waals surface area (Å²) in [5.41, 5.74) is 3.55. The molecule has 12 heavy (non-hydrogen) atoms. The van der Waals surface area contributed by atoms with E-state index in [2.05, 4.69) is 32.7 Å². The van der Waals surface area contributed by atoms with Gasteiger partial charge in [-0.1, -0.05) is 6.07 Å². The lowest BCUT2D eigenvalue weighted by atomic mass is 10.1. The van der Waals surface area contributed by atoms with Crippen molar-refractivity contribution < 1.29 is 9.31 Å². The maximum absolute atomic E-state index is 5.46. The molecule has 0 amide bonds. The number of aryl methyl sites for hydroxylation is 2. The lowest BCUT2D eigenvalue weighted by molar-refractivity contribution is -0.449. The second-order valence-corrected chi connectivity index (χ2v) is 3.24. The number of nitrogens with zero attached hydrogens (tertiary/aromatic N) is 1. The van der Waals surface area contributed by atoms with E-state index in [9.17, 15) is 0 Å². The van der Waals surface area contributed by atoms with Crippen molar-refractivity contribution >= 4 is 12.4 Å². The zero-order valence-electron chi connectivity index (χ0n) is 7.42. The highest BCUT2D eigenvalue weighted by Gasteiger charge is 2.24. The van der Waals surface area contributed by atoms with E-state index in [1.54, 1.807) is 0 Å². The van der Waals surface area contributed by atoms with Crippen molar-refractivity contribution in [1.29, 1.82) is 0 Å². The predicted octanol–water partition coefficient (Wildman–Crippen LogP) is 2.00. The first-order valence-electron chi connectivity index (χ1n) is 4.00. The van der Waals surface area contributed by atoms with Gasteiger partial charge < -0.3 is 4.74 Å². The van der Waals surface area contributed by atoms with Crippen molar-refractivity contribution in [1.82, 2.24) is 0 Å². The largest absolute Gasteiger partial charge is 0.429 e. The first-order chi connectivity index (χ1) is 5.68. The summed E-state index contributed by atoms with van der Waals surface area (Å²) in [5.74, 6) is 0.982. The molecule has 0 aromatic heterocycles. The van der Waals surface area contributed by atoms with E-state index in [0.717, 1.165) is 11.4 Å². The third kappa shape index (κ3) is 0.916. The molecule has 0 N–H and O–H groups in total. The summed E-state index contributed by atoms with van der Waals surface area (Å²) in [4.78, 5) is 0. The number of fused-ring (bicyclic) bond motifs is 1. The Morgan fingerprint density at radius 1 is 1.42 bits per heavy atom. The smallest absolute Gasteiger partial charge is 0.292 e. The Bertz CT molecular complexity index is 355. The normalized spacial score (nSPS) is 14.3. The third-order valence-electron chi connectivity index (χ3n) is 2.10. The van der Waals surface area contributed by atoms with Crippen molar-refractivity contribution in [2.75, 3.05) is 6.73 Å². The van der Waals surface area contributed by atoms with Gasteiger partial charge in [0.05, 0.1) is 0 Å². The van der Waals surface area contributed by atoms with Crippen LogP contribution in [0.5, 0.6) is 5.75 Å². The molecule has 1 heterocycles. The van der Waals surface area contributed by atoms with Gasteiger partial charge in [0, 0.05) is 6.07 Å². The van der Waals surface area contributed by atoms with Crippen molar-refractivity contribution in [2.24, 2.45) is 0 Å². The zero-order chi connectivity index (χ0) is 8.72. The molecule has 0 saturated carbocycles. The van der Waals surface area contributed by atoms with Crippen LogP contribution in [0.25, 0.3) is 0 Å². The van der Waals surface area contributed by atoms with Gasteiger partial charge in [-0.05, 0) is 25.0 Å². The standard InChI is InChI=1S/C10H12NO/c1-7-4-8(2)10-9(5-7)11(3)6-12-10/h4-5H,3,6H2,1-2H3/q+1. The fourth-order valence-electron chi connectivity index (χ4n) is 1.57. The Morgan fingerprint density at radius 3 is 2.92 bits per heavy atom. The Hall–Kier alpha value is -1.31. The van der Waals surface area contributed by atoms with Crippen LogP contribution in [0.15, 0.2) is 12.1 Å². The van der Waals surface area contributed by atoms with E-state index < -0.39 is 0 Å². The van der Waals surface area contributed by atoms with Crippen LogP contribution < -0.4 is 4.74 Å². The molecular formula is C10H12NO+. The third-order valence-corrected chi connectivity index (χ3v) is 2.10. The summed E-state index contributed by atoms with van der Waals surface area (Å²) in [5, 5.41) is 0. The van der Waals surface area contributed by atoms with Gasteiger partial charge in [0.15, 0.2) is 0 Å². The molecule has 0 bridgehead atoms. The summed E-state index contributed by atoms with van der Waals surface area (Å²) >= 11 is 0. The van der Waals surface area contributed by atoms with Crippen molar-refractivity contribution in [3.05, 3.63) is 23.3 Å². The molecule has 1 aromatic carbocycles. The number of hydrogen-bond acceptors (Lipinski definition) is 1. The minimum atomic E-state index is 0.569. The highest BCUT2D eigenvalue weighted by molar-refractivity contribution is 5.55. The zero-order valence-corrected chi connectivity index (χ0v) is 7.42. The second-order valence-electron chi connectivity index (χ2n) is 3.24. The molecule has 0 radical (unpaired) electrons. The van der Waals surface area contributed by atoms with E-state index in [4.69, 9.17) is 4.74 Å². The average molecular weight is 162 g/mol. The van der Waals surface area contributed by atoms with Crippen LogP contribution in [0.2, 0.25) is 0 Å². The van der Waals surface area contributed by atoms with Crippen LogP contribution in [0.1, 0.15) is 11.1 Å². The van der Waals surface area contributed by atoms with Gasteiger partial charge in [-0.15, -0.1) is 0 Å². The summed E-state index contributed by atoms with van der Waals surface area (Å²) in [7, 11) is 0. The van der Waals surface area contributed by atoms with Crippen molar-refractivity contribution in [3.63, 3.8) is 0 Å². The predicted molar refractivity (Wildman–Crippen MR) is 48.5 cm³/mol. The van der Waals surface area contributed by atoms with Crippen LogP contribution in [0, 0.1) is 13.8 Å². The number of hydrogen-bond donors (Lipinski definition) is 0.